The number of halogens is 3. The number of hydrogen-bond acceptors (Lipinski definition) is 3. The first kappa shape index (κ1) is 18.3. The molecule has 0 spiro atoms. The predicted octanol–water partition coefficient (Wildman–Crippen LogP) is 0.273. The summed E-state index contributed by atoms with van der Waals surface area (Å²) in [6, 6.07) is 7.33. The lowest BCUT2D eigenvalue weighted by Crippen LogP contribution is -3.16. The molecule has 2 rings (SSSR count). The van der Waals surface area contributed by atoms with Crippen molar-refractivity contribution in [3.05, 3.63) is 29.8 Å². The van der Waals surface area contributed by atoms with Gasteiger partial charge in [-0.25, -0.2) is 0 Å². The van der Waals surface area contributed by atoms with E-state index in [0.717, 1.165) is 10.6 Å². The maximum Gasteiger partial charge on any atom is 0.405 e. The second-order valence-electron chi connectivity index (χ2n) is 5.91. The van der Waals surface area contributed by atoms with Crippen molar-refractivity contribution in [3.8, 4) is 0 Å². The van der Waals surface area contributed by atoms with E-state index in [0.29, 0.717) is 31.7 Å². The Morgan fingerprint density at radius 3 is 2.25 bits per heavy atom. The fourth-order valence-corrected chi connectivity index (χ4v) is 2.65. The summed E-state index contributed by atoms with van der Waals surface area (Å²) in [6.07, 6.45) is -4.38. The molecule has 5 nitrogen and oxygen atoms in total. The Kier molecular flexibility index (Phi) is 5.82. The van der Waals surface area contributed by atoms with Gasteiger partial charge in [-0.1, -0.05) is 0 Å². The molecule has 1 fully saturated rings. The number of nitrogens with zero attached hydrogens (tertiary/aromatic N) is 1. The Hall–Kier alpha value is -2.09. The molecular formula is C16H21F3N3O2+. The summed E-state index contributed by atoms with van der Waals surface area (Å²) in [5.41, 5.74) is 1.66. The Morgan fingerprint density at radius 2 is 1.75 bits per heavy atom. The number of amides is 1. The van der Waals surface area contributed by atoms with E-state index in [4.69, 9.17) is 0 Å². The van der Waals surface area contributed by atoms with Crippen molar-refractivity contribution in [2.24, 2.45) is 0 Å². The number of piperazine rings is 1. The number of benzene rings is 1. The summed E-state index contributed by atoms with van der Waals surface area (Å²) in [5, 5.41) is 1.90. The van der Waals surface area contributed by atoms with Crippen molar-refractivity contribution < 1.29 is 27.7 Å². The van der Waals surface area contributed by atoms with E-state index in [-0.39, 0.29) is 12.3 Å². The molecule has 0 saturated carbocycles. The lowest BCUT2D eigenvalue weighted by Gasteiger charge is -2.33. The second-order valence-corrected chi connectivity index (χ2v) is 5.91. The molecule has 0 radical (unpaired) electrons. The van der Waals surface area contributed by atoms with E-state index in [1.54, 1.807) is 12.1 Å². The van der Waals surface area contributed by atoms with Crippen LogP contribution in [0.5, 0.6) is 0 Å². The minimum atomic E-state index is -4.38. The van der Waals surface area contributed by atoms with Crippen molar-refractivity contribution in [1.29, 1.82) is 0 Å². The standard InChI is InChI=1S/C16H20F3N3O2/c1-12(23)13-2-4-14(5-3-13)22-8-6-21(7-9-22)10-15(24)20-11-16(17,18)19/h2-5H,6-11H2,1H3,(H,20,24)/p+1. The quantitative estimate of drug-likeness (QED) is 0.754. The SMILES string of the molecule is CC(=O)c1ccc(N2CC[NH+](CC(=O)NCC(F)(F)F)CC2)cc1. The summed E-state index contributed by atoms with van der Waals surface area (Å²) in [6.45, 7) is 3.05. The van der Waals surface area contributed by atoms with Crippen molar-refractivity contribution in [2.45, 2.75) is 13.1 Å². The number of carbonyl (C=O) groups excluding carboxylic acids is 2. The highest BCUT2D eigenvalue weighted by Crippen LogP contribution is 2.15. The van der Waals surface area contributed by atoms with Crippen LogP contribution in [0.1, 0.15) is 17.3 Å². The van der Waals surface area contributed by atoms with Crippen LogP contribution in [0.4, 0.5) is 18.9 Å². The van der Waals surface area contributed by atoms with E-state index in [1.165, 1.54) is 6.92 Å². The molecule has 0 aliphatic carbocycles. The number of anilines is 1. The van der Waals surface area contributed by atoms with Crippen LogP contribution in [0.25, 0.3) is 0 Å². The number of alkyl halides is 3. The summed E-state index contributed by atoms with van der Waals surface area (Å²) in [5.74, 6) is -0.567. The largest absolute Gasteiger partial charge is 0.405 e. The molecule has 0 atom stereocenters. The van der Waals surface area contributed by atoms with Gasteiger partial charge in [-0.3, -0.25) is 9.59 Å². The van der Waals surface area contributed by atoms with Gasteiger partial charge in [0, 0.05) is 11.3 Å². The van der Waals surface area contributed by atoms with E-state index >= 15 is 0 Å². The predicted molar refractivity (Wildman–Crippen MR) is 83.3 cm³/mol. The fraction of sp³-hybridized carbons (Fsp3) is 0.500. The van der Waals surface area contributed by atoms with Crippen LogP contribution in [0.15, 0.2) is 24.3 Å². The molecule has 1 heterocycles. The number of hydrogen-bond donors (Lipinski definition) is 2. The zero-order valence-corrected chi connectivity index (χ0v) is 13.4. The summed E-state index contributed by atoms with van der Waals surface area (Å²) < 4.78 is 36.2. The minimum absolute atomic E-state index is 0.0145. The molecule has 1 amide bonds. The number of Topliss-reactive ketones (excluding diaryl/α,β-unsaturated/α-hetero) is 1. The first-order chi connectivity index (χ1) is 11.2. The third-order valence-corrected chi connectivity index (χ3v) is 4.01. The molecule has 1 aromatic carbocycles. The number of rotatable bonds is 5. The van der Waals surface area contributed by atoms with Gasteiger partial charge in [0.1, 0.15) is 6.54 Å². The Labute approximate surface area is 138 Å². The van der Waals surface area contributed by atoms with Gasteiger partial charge in [0.05, 0.1) is 26.2 Å². The number of nitrogens with one attached hydrogen (secondary N) is 2. The number of quaternary nitrogens is 1. The molecule has 132 valence electrons. The average Bonchev–Trinajstić information content (AvgIpc) is 2.53. The van der Waals surface area contributed by atoms with Crippen LogP contribution in [0, 0.1) is 0 Å². The zero-order chi connectivity index (χ0) is 17.7. The molecule has 0 aromatic heterocycles. The normalized spacial score (nSPS) is 16.1. The fourth-order valence-electron chi connectivity index (χ4n) is 2.65. The number of carbonyl (C=O) groups is 2. The third-order valence-electron chi connectivity index (χ3n) is 4.01. The van der Waals surface area contributed by atoms with Crippen molar-refractivity contribution in [3.63, 3.8) is 0 Å². The van der Waals surface area contributed by atoms with Crippen LogP contribution in [0.3, 0.4) is 0 Å². The monoisotopic (exact) mass is 344 g/mol. The molecule has 1 aliphatic rings. The van der Waals surface area contributed by atoms with Crippen LogP contribution in [0.2, 0.25) is 0 Å². The second kappa shape index (κ2) is 7.65. The lowest BCUT2D eigenvalue weighted by atomic mass is 10.1. The first-order valence-electron chi connectivity index (χ1n) is 7.77. The first-order valence-corrected chi connectivity index (χ1v) is 7.77. The summed E-state index contributed by atoms with van der Waals surface area (Å²) >= 11 is 0. The molecule has 0 unspecified atom stereocenters. The zero-order valence-electron chi connectivity index (χ0n) is 13.4. The van der Waals surface area contributed by atoms with Crippen molar-refractivity contribution in [2.75, 3.05) is 44.2 Å². The maximum atomic E-state index is 12.1. The topological polar surface area (TPSA) is 53.9 Å². The third kappa shape index (κ3) is 5.52. The summed E-state index contributed by atoms with van der Waals surface area (Å²) in [7, 11) is 0. The van der Waals surface area contributed by atoms with Gasteiger partial charge in [-0.15, -0.1) is 0 Å². The molecule has 1 aliphatic heterocycles. The van der Waals surface area contributed by atoms with Crippen LogP contribution in [-0.2, 0) is 4.79 Å². The minimum Gasteiger partial charge on any atom is -0.360 e. The average molecular weight is 344 g/mol. The summed E-state index contributed by atoms with van der Waals surface area (Å²) in [4.78, 5) is 25.9. The molecule has 1 aromatic rings. The van der Waals surface area contributed by atoms with Crippen molar-refractivity contribution >= 4 is 17.4 Å². The highest BCUT2D eigenvalue weighted by molar-refractivity contribution is 5.94. The Morgan fingerprint density at radius 1 is 1.17 bits per heavy atom. The Bertz CT molecular complexity index is 579. The van der Waals surface area contributed by atoms with Crippen LogP contribution in [-0.4, -0.2) is 57.1 Å². The molecule has 0 bridgehead atoms. The van der Waals surface area contributed by atoms with E-state index < -0.39 is 18.6 Å². The molecule has 2 N–H and O–H groups in total. The molecule has 24 heavy (non-hydrogen) atoms. The van der Waals surface area contributed by atoms with Gasteiger partial charge in [0.25, 0.3) is 5.91 Å². The van der Waals surface area contributed by atoms with Gasteiger partial charge >= 0.3 is 6.18 Å². The van der Waals surface area contributed by atoms with Crippen molar-refractivity contribution in [1.82, 2.24) is 5.32 Å². The van der Waals surface area contributed by atoms with E-state index in [9.17, 15) is 22.8 Å². The van der Waals surface area contributed by atoms with Crippen LogP contribution >= 0.6 is 0 Å². The van der Waals surface area contributed by atoms with E-state index in [1.807, 2.05) is 17.4 Å². The van der Waals surface area contributed by atoms with Crippen LogP contribution < -0.4 is 15.1 Å². The highest BCUT2D eigenvalue weighted by Gasteiger charge is 2.29. The van der Waals surface area contributed by atoms with E-state index in [2.05, 4.69) is 4.90 Å². The smallest absolute Gasteiger partial charge is 0.360 e. The lowest BCUT2D eigenvalue weighted by molar-refractivity contribution is -0.892. The molecule has 1 saturated heterocycles. The highest BCUT2D eigenvalue weighted by atomic mass is 19.4. The van der Waals surface area contributed by atoms with Gasteiger partial charge in [-0.2, -0.15) is 13.2 Å². The van der Waals surface area contributed by atoms with Gasteiger partial charge < -0.3 is 15.1 Å². The van der Waals surface area contributed by atoms with Gasteiger partial charge in [0.15, 0.2) is 12.3 Å². The number of ketones is 1. The Balaban J connectivity index is 1.78. The van der Waals surface area contributed by atoms with Gasteiger partial charge in [-0.05, 0) is 31.2 Å². The molecular weight excluding hydrogens is 323 g/mol. The maximum absolute atomic E-state index is 12.1. The van der Waals surface area contributed by atoms with Gasteiger partial charge in [0.2, 0.25) is 0 Å². The molecule has 8 heteroatoms.